The zero-order valence-corrected chi connectivity index (χ0v) is 37.1. The first-order chi connectivity index (χ1) is 26.7. The summed E-state index contributed by atoms with van der Waals surface area (Å²) in [6.45, 7) is 6.67. The number of imidazole rings is 1. The van der Waals surface area contributed by atoms with Crippen molar-refractivity contribution in [3.63, 3.8) is 0 Å². The maximum absolute atomic E-state index is 6.47. The number of fused-ring (bicyclic) bond motifs is 4. The third-order valence-electron chi connectivity index (χ3n) is 10.1. The van der Waals surface area contributed by atoms with Crippen molar-refractivity contribution in [1.29, 1.82) is 0 Å². The van der Waals surface area contributed by atoms with Gasteiger partial charge in [0.05, 0.1) is 28.1 Å². The van der Waals surface area contributed by atoms with E-state index in [1.165, 1.54) is 15.5 Å². The van der Waals surface area contributed by atoms with Gasteiger partial charge >= 0.3 is 113 Å². The first-order valence-electron chi connectivity index (χ1n) is 19.0. The molecule has 7 heteroatoms. The summed E-state index contributed by atoms with van der Waals surface area (Å²) in [6, 6.07) is 52.1. The zero-order valence-electron chi connectivity index (χ0n) is 32.6. The van der Waals surface area contributed by atoms with Crippen molar-refractivity contribution in [1.82, 2.24) is 19.5 Å². The third-order valence-corrected chi connectivity index (χ3v) is 14.4. The van der Waals surface area contributed by atoms with Crippen molar-refractivity contribution in [2.24, 2.45) is 0 Å². The predicted octanol–water partition coefficient (Wildman–Crippen LogP) is 12.2. The fraction of sp³-hybridized carbons (Fsp3) is 0.163. The van der Waals surface area contributed by atoms with Crippen LogP contribution in [0.2, 0.25) is 17.3 Å². The molecule has 0 saturated carbocycles. The predicted molar refractivity (Wildman–Crippen MR) is 231 cm³/mol. The topological polar surface area (TPSA) is 56.7 Å². The summed E-state index contributed by atoms with van der Waals surface area (Å²) in [5.74, 6) is 8.42. The molecule has 0 unspecified atom stereocenters. The molecule has 4 aromatic heterocycles. The van der Waals surface area contributed by atoms with E-state index in [4.69, 9.17) is 14.4 Å². The molecular formula is C49H44GeIrN4O-2. The van der Waals surface area contributed by atoms with Crippen molar-refractivity contribution in [3.8, 4) is 39.6 Å². The summed E-state index contributed by atoms with van der Waals surface area (Å²) in [6.07, 6.45) is 3.19. The SMILES string of the molecule is CC(C)c1cccc2nc(-c3[c-]ccc4c3oc3nc(-c5ccccc5)ccc34)n(-c3ccccc3)c12.CCc1cc(-c2[c-]cccc2)nc[c]1[Ge]([CH3])([CH3])[CH3].[Ir]. The van der Waals surface area contributed by atoms with Gasteiger partial charge in [0.2, 0.25) is 5.71 Å². The molecule has 56 heavy (non-hydrogen) atoms. The minimum Gasteiger partial charge on any atom is 0 e. The molecule has 0 fully saturated rings. The van der Waals surface area contributed by atoms with E-state index in [-0.39, 0.29) is 20.1 Å². The number of benzene rings is 5. The van der Waals surface area contributed by atoms with Crippen LogP contribution in [0.15, 0.2) is 144 Å². The third kappa shape index (κ3) is 7.66. The van der Waals surface area contributed by atoms with Crippen LogP contribution < -0.4 is 4.40 Å². The van der Waals surface area contributed by atoms with Gasteiger partial charge in [0, 0.05) is 36.7 Å². The van der Waals surface area contributed by atoms with Gasteiger partial charge in [0.1, 0.15) is 0 Å². The number of rotatable bonds is 7. The van der Waals surface area contributed by atoms with Gasteiger partial charge in [-0.05, 0) is 41.8 Å². The van der Waals surface area contributed by atoms with Crippen molar-refractivity contribution < 1.29 is 24.5 Å². The number of aromatic nitrogens is 4. The van der Waals surface area contributed by atoms with Crippen molar-refractivity contribution >= 4 is 50.8 Å². The Hall–Kier alpha value is -5.14. The first-order valence-corrected chi connectivity index (χ1v) is 26.4. The Morgan fingerprint density at radius 2 is 1.48 bits per heavy atom. The minimum atomic E-state index is -1.80. The van der Waals surface area contributed by atoms with Gasteiger partial charge in [-0.2, -0.15) is 0 Å². The fourth-order valence-electron chi connectivity index (χ4n) is 7.34. The van der Waals surface area contributed by atoms with Crippen LogP contribution in [0.1, 0.15) is 37.8 Å². The average molecular weight is 970 g/mol. The second-order valence-electron chi connectivity index (χ2n) is 15.2. The Balaban J connectivity index is 0.000000214. The van der Waals surface area contributed by atoms with E-state index < -0.39 is 13.3 Å². The standard InChI is InChI=1S/C33H24N3O.C16H20GeN.Ir/c1-21(2)24-15-10-18-29-30(24)36(23-13-7-4-8-14-23)32(34-29)27-17-9-16-25-26-19-20-28(22-11-5-3-6-12-22)35-33(26)37-31(25)27;1-5-13-11-16(14-9-7-6-8-10-14)18-12-15(13)17(2,3)4;/h3-16,18-21H,1-2H3;6-9,11-12H,5H2,1-4H3;/q2*-1;. The maximum atomic E-state index is 6.47. The molecule has 9 rings (SSSR count). The Morgan fingerprint density at radius 1 is 0.732 bits per heavy atom. The summed E-state index contributed by atoms with van der Waals surface area (Å²) in [5.41, 5.74) is 12.1. The van der Waals surface area contributed by atoms with Gasteiger partial charge in [-0.3, -0.25) is 4.98 Å². The second-order valence-corrected chi connectivity index (χ2v) is 25.8. The molecule has 0 atom stereocenters. The molecule has 281 valence electrons. The maximum Gasteiger partial charge on any atom is 0 e. The number of furan rings is 1. The smallest absolute Gasteiger partial charge is 0 e. The average Bonchev–Trinajstić information content (AvgIpc) is 3.80. The van der Waals surface area contributed by atoms with E-state index in [0.29, 0.717) is 11.6 Å². The Labute approximate surface area is 345 Å². The van der Waals surface area contributed by atoms with Gasteiger partial charge in [-0.15, -0.1) is 18.2 Å². The van der Waals surface area contributed by atoms with E-state index in [1.807, 2.05) is 54.6 Å². The monoisotopic (exact) mass is 971 g/mol. The quantitative estimate of drug-likeness (QED) is 0.118. The molecule has 0 aliphatic rings. The van der Waals surface area contributed by atoms with Crippen LogP contribution in [0.25, 0.3) is 72.7 Å². The molecule has 0 N–H and O–H groups in total. The van der Waals surface area contributed by atoms with E-state index >= 15 is 0 Å². The van der Waals surface area contributed by atoms with Crippen molar-refractivity contribution in [2.75, 3.05) is 0 Å². The van der Waals surface area contributed by atoms with Crippen LogP contribution in [0, 0.1) is 12.1 Å². The van der Waals surface area contributed by atoms with E-state index in [1.54, 1.807) is 0 Å². The molecule has 0 amide bonds. The molecule has 0 spiro atoms. The van der Waals surface area contributed by atoms with Crippen LogP contribution in [0.5, 0.6) is 0 Å². The van der Waals surface area contributed by atoms with E-state index in [2.05, 4.69) is 145 Å². The van der Waals surface area contributed by atoms with E-state index in [9.17, 15) is 0 Å². The summed E-state index contributed by atoms with van der Waals surface area (Å²) in [7, 11) is 0. The Kier molecular flexibility index (Phi) is 11.5. The molecule has 0 saturated heterocycles. The van der Waals surface area contributed by atoms with Gasteiger partial charge in [0.15, 0.2) is 0 Å². The number of hydrogen-bond acceptors (Lipinski definition) is 4. The Bertz CT molecular complexity index is 2750. The summed E-state index contributed by atoms with van der Waals surface area (Å²) >= 11 is -1.80. The van der Waals surface area contributed by atoms with Crippen LogP contribution in [0.4, 0.5) is 0 Å². The summed E-state index contributed by atoms with van der Waals surface area (Å²) in [5, 5.41) is 1.99. The number of para-hydroxylation sites is 2. The van der Waals surface area contributed by atoms with Gasteiger partial charge < -0.3 is 8.98 Å². The molecule has 9 aromatic rings. The normalized spacial score (nSPS) is 11.5. The van der Waals surface area contributed by atoms with E-state index in [0.717, 1.165) is 73.4 Å². The van der Waals surface area contributed by atoms with Crippen LogP contribution in [-0.4, -0.2) is 32.8 Å². The molecular weight excluding hydrogens is 925 g/mol. The number of pyridine rings is 2. The molecule has 5 nitrogen and oxygen atoms in total. The zero-order chi connectivity index (χ0) is 38.1. The van der Waals surface area contributed by atoms with Gasteiger partial charge in [-0.1, -0.05) is 85.5 Å². The van der Waals surface area contributed by atoms with Crippen LogP contribution >= 0.6 is 0 Å². The minimum absolute atomic E-state index is 0. The fourth-order valence-corrected chi connectivity index (χ4v) is 10.8. The molecule has 1 radical (unpaired) electrons. The molecule has 0 aliphatic heterocycles. The second kappa shape index (κ2) is 16.5. The van der Waals surface area contributed by atoms with Crippen LogP contribution in [0.3, 0.4) is 0 Å². The molecule has 5 aromatic carbocycles. The van der Waals surface area contributed by atoms with Crippen molar-refractivity contribution in [2.45, 2.75) is 50.4 Å². The Morgan fingerprint density at radius 3 is 2.18 bits per heavy atom. The van der Waals surface area contributed by atoms with Crippen molar-refractivity contribution in [3.05, 3.63) is 163 Å². The first kappa shape index (κ1) is 39.1. The summed E-state index contributed by atoms with van der Waals surface area (Å²) < 4.78 is 10.2. The summed E-state index contributed by atoms with van der Waals surface area (Å²) in [4.78, 5) is 14.6. The van der Waals surface area contributed by atoms with Gasteiger partial charge in [-0.25, -0.2) is 4.98 Å². The molecule has 0 bridgehead atoms. The molecule has 0 aliphatic carbocycles. The largest absolute Gasteiger partial charge is 0 e. The number of hydrogen-bond donors (Lipinski definition) is 0. The van der Waals surface area contributed by atoms with Crippen LogP contribution in [-0.2, 0) is 26.5 Å². The number of nitrogens with zero attached hydrogens (tertiary/aromatic N) is 4. The molecule has 4 heterocycles. The van der Waals surface area contributed by atoms with Gasteiger partial charge in [0.25, 0.3) is 0 Å². The number of aryl methyl sites for hydroxylation is 1.